The van der Waals surface area contributed by atoms with E-state index < -0.39 is 0 Å². The second kappa shape index (κ2) is 3.14. The van der Waals surface area contributed by atoms with Crippen molar-refractivity contribution in [2.75, 3.05) is 13.1 Å². The monoisotopic (exact) mass is 180 g/mol. The number of fused-ring (bicyclic) bond motifs is 1. The zero-order chi connectivity index (χ0) is 9.42. The van der Waals surface area contributed by atoms with Gasteiger partial charge in [0.05, 0.1) is 0 Å². The number of carbonyl (C=O) groups excluding carboxylic acids is 1. The molecular formula is C10H16N2O. The van der Waals surface area contributed by atoms with Crippen molar-refractivity contribution in [3.63, 3.8) is 0 Å². The molecule has 0 radical (unpaired) electrons. The van der Waals surface area contributed by atoms with Crippen LogP contribution >= 0.6 is 0 Å². The van der Waals surface area contributed by atoms with Crippen LogP contribution in [0.5, 0.6) is 0 Å². The van der Waals surface area contributed by atoms with Gasteiger partial charge in [0, 0.05) is 25.2 Å². The third-order valence-corrected chi connectivity index (χ3v) is 2.82. The van der Waals surface area contributed by atoms with Crippen molar-refractivity contribution in [3.05, 3.63) is 11.6 Å². The van der Waals surface area contributed by atoms with E-state index in [0.717, 1.165) is 18.7 Å². The predicted octanol–water partition coefficient (Wildman–Crippen LogP) is 0.287. The maximum atomic E-state index is 11.3. The van der Waals surface area contributed by atoms with Gasteiger partial charge in [0.1, 0.15) is 0 Å². The largest absolute Gasteiger partial charge is 0.349 e. The SMILES string of the molecule is CC(C)=CC(=O)NC1C2CNCC21. The molecule has 2 aliphatic rings. The van der Waals surface area contributed by atoms with Crippen LogP contribution in [0.2, 0.25) is 0 Å². The minimum atomic E-state index is 0.0689. The average molecular weight is 180 g/mol. The highest BCUT2D eigenvalue weighted by Crippen LogP contribution is 2.41. The Hall–Kier alpha value is -0.830. The number of allylic oxidation sites excluding steroid dienone is 1. The summed E-state index contributed by atoms with van der Waals surface area (Å²) in [7, 11) is 0. The average Bonchev–Trinajstić information content (AvgIpc) is 2.51. The van der Waals surface area contributed by atoms with Crippen LogP contribution in [-0.4, -0.2) is 25.0 Å². The highest BCUT2D eigenvalue weighted by Gasteiger charge is 2.53. The van der Waals surface area contributed by atoms with E-state index in [4.69, 9.17) is 0 Å². The first-order chi connectivity index (χ1) is 6.18. The minimum Gasteiger partial charge on any atom is -0.349 e. The Labute approximate surface area is 78.6 Å². The van der Waals surface area contributed by atoms with Gasteiger partial charge in [0.15, 0.2) is 0 Å². The lowest BCUT2D eigenvalue weighted by Gasteiger charge is -2.04. The summed E-state index contributed by atoms with van der Waals surface area (Å²) < 4.78 is 0. The first-order valence-corrected chi connectivity index (χ1v) is 4.84. The van der Waals surface area contributed by atoms with Crippen molar-refractivity contribution >= 4 is 5.91 Å². The Morgan fingerprint density at radius 1 is 1.38 bits per heavy atom. The molecule has 2 N–H and O–H groups in total. The van der Waals surface area contributed by atoms with E-state index in [0.29, 0.717) is 17.9 Å². The van der Waals surface area contributed by atoms with Crippen LogP contribution in [0.25, 0.3) is 0 Å². The second-order valence-corrected chi connectivity index (χ2v) is 4.24. The number of piperidine rings is 1. The molecule has 2 unspecified atom stereocenters. The summed E-state index contributed by atoms with van der Waals surface area (Å²) in [6.45, 7) is 6.03. The molecule has 13 heavy (non-hydrogen) atoms. The summed E-state index contributed by atoms with van der Waals surface area (Å²) in [5.41, 5.74) is 1.06. The van der Waals surface area contributed by atoms with Crippen molar-refractivity contribution in [1.82, 2.24) is 10.6 Å². The number of hydrogen-bond acceptors (Lipinski definition) is 2. The van der Waals surface area contributed by atoms with Gasteiger partial charge in [0.2, 0.25) is 5.91 Å². The first-order valence-electron chi connectivity index (χ1n) is 4.84. The molecule has 1 aliphatic carbocycles. The van der Waals surface area contributed by atoms with Gasteiger partial charge in [-0.2, -0.15) is 0 Å². The molecule has 2 fully saturated rings. The third-order valence-electron chi connectivity index (χ3n) is 2.82. The normalized spacial score (nSPS) is 35.1. The molecule has 0 aromatic heterocycles. The molecule has 1 aliphatic heterocycles. The van der Waals surface area contributed by atoms with Crippen LogP contribution in [0.15, 0.2) is 11.6 Å². The van der Waals surface area contributed by atoms with E-state index >= 15 is 0 Å². The molecule has 1 heterocycles. The van der Waals surface area contributed by atoms with Crippen LogP contribution in [-0.2, 0) is 4.79 Å². The van der Waals surface area contributed by atoms with Crippen molar-refractivity contribution in [2.45, 2.75) is 19.9 Å². The fourth-order valence-corrected chi connectivity index (χ4v) is 2.10. The van der Waals surface area contributed by atoms with Gasteiger partial charge < -0.3 is 10.6 Å². The first kappa shape index (κ1) is 8.75. The number of carbonyl (C=O) groups is 1. The minimum absolute atomic E-state index is 0.0689. The highest BCUT2D eigenvalue weighted by molar-refractivity contribution is 5.88. The molecule has 0 bridgehead atoms. The van der Waals surface area contributed by atoms with Gasteiger partial charge in [-0.05, 0) is 25.7 Å². The molecule has 0 aromatic carbocycles. The van der Waals surface area contributed by atoms with E-state index in [9.17, 15) is 4.79 Å². The van der Waals surface area contributed by atoms with Crippen LogP contribution in [0.1, 0.15) is 13.8 Å². The summed E-state index contributed by atoms with van der Waals surface area (Å²) in [5, 5.41) is 6.33. The lowest BCUT2D eigenvalue weighted by molar-refractivity contribution is -0.116. The van der Waals surface area contributed by atoms with Crippen LogP contribution in [0.3, 0.4) is 0 Å². The van der Waals surface area contributed by atoms with E-state index in [1.54, 1.807) is 6.08 Å². The summed E-state index contributed by atoms with van der Waals surface area (Å²) >= 11 is 0. The number of hydrogen-bond donors (Lipinski definition) is 2. The quantitative estimate of drug-likeness (QED) is 0.600. The molecule has 3 heteroatoms. The Balaban J connectivity index is 1.81. The topological polar surface area (TPSA) is 41.1 Å². The molecule has 3 nitrogen and oxygen atoms in total. The summed E-state index contributed by atoms with van der Waals surface area (Å²) in [5.74, 6) is 1.48. The maximum Gasteiger partial charge on any atom is 0.244 e. The molecule has 1 saturated heterocycles. The predicted molar refractivity (Wildman–Crippen MR) is 51.2 cm³/mol. The van der Waals surface area contributed by atoms with E-state index in [-0.39, 0.29) is 5.91 Å². The highest BCUT2D eigenvalue weighted by atomic mass is 16.1. The molecule has 2 rings (SSSR count). The van der Waals surface area contributed by atoms with E-state index in [1.165, 1.54) is 0 Å². The van der Waals surface area contributed by atoms with Crippen molar-refractivity contribution in [3.8, 4) is 0 Å². The molecule has 1 saturated carbocycles. The van der Waals surface area contributed by atoms with Gasteiger partial charge in [-0.1, -0.05) is 5.57 Å². The van der Waals surface area contributed by atoms with E-state index in [2.05, 4.69) is 10.6 Å². The van der Waals surface area contributed by atoms with Gasteiger partial charge >= 0.3 is 0 Å². The van der Waals surface area contributed by atoms with Gasteiger partial charge in [-0.3, -0.25) is 4.79 Å². The van der Waals surface area contributed by atoms with Crippen LogP contribution < -0.4 is 10.6 Å². The van der Waals surface area contributed by atoms with Gasteiger partial charge in [0.25, 0.3) is 0 Å². The smallest absolute Gasteiger partial charge is 0.244 e. The fourth-order valence-electron chi connectivity index (χ4n) is 2.10. The summed E-state index contributed by atoms with van der Waals surface area (Å²) in [6, 6.07) is 0.448. The number of nitrogens with one attached hydrogen (secondary N) is 2. The summed E-state index contributed by atoms with van der Waals surface area (Å²) in [4.78, 5) is 11.3. The molecule has 1 amide bonds. The van der Waals surface area contributed by atoms with Crippen molar-refractivity contribution in [1.29, 1.82) is 0 Å². The Kier molecular flexibility index (Phi) is 2.12. The van der Waals surface area contributed by atoms with Crippen LogP contribution in [0, 0.1) is 11.8 Å². The van der Waals surface area contributed by atoms with Crippen molar-refractivity contribution in [2.24, 2.45) is 11.8 Å². The number of rotatable bonds is 2. The Morgan fingerprint density at radius 2 is 2.00 bits per heavy atom. The molecule has 0 spiro atoms. The molecule has 0 aromatic rings. The molecular weight excluding hydrogens is 164 g/mol. The third kappa shape index (κ3) is 1.75. The standard InChI is InChI=1S/C10H16N2O/c1-6(2)3-9(13)12-10-7-4-11-5-8(7)10/h3,7-8,10-11H,4-5H2,1-2H3,(H,12,13). The zero-order valence-electron chi connectivity index (χ0n) is 8.13. The van der Waals surface area contributed by atoms with E-state index in [1.807, 2.05) is 13.8 Å². The second-order valence-electron chi connectivity index (χ2n) is 4.24. The molecule has 2 atom stereocenters. The Bertz CT molecular complexity index is 246. The lowest BCUT2D eigenvalue weighted by atomic mass is 10.3. The van der Waals surface area contributed by atoms with Crippen LogP contribution in [0.4, 0.5) is 0 Å². The molecule has 72 valence electrons. The maximum absolute atomic E-state index is 11.3. The summed E-state index contributed by atoms with van der Waals surface area (Å²) in [6.07, 6.45) is 1.67. The number of amides is 1. The Morgan fingerprint density at radius 3 is 2.54 bits per heavy atom. The zero-order valence-corrected chi connectivity index (χ0v) is 8.13. The van der Waals surface area contributed by atoms with Gasteiger partial charge in [-0.25, -0.2) is 0 Å². The lowest BCUT2D eigenvalue weighted by Crippen LogP contribution is -2.31. The fraction of sp³-hybridized carbons (Fsp3) is 0.700. The van der Waals surface area contributed by atoms with Gasteiger partial charge in [-0.15, -0.1) is 0 Å². The van der Waals surface area contributed by atoms with Crippen molar-refractivity contribution < 1.29 is 4.79 Å².